The lowest BCUT2D eigenvalue weighted by atomic mass is 10.2. The van der Waals surface area contributed by atoms with Gasteiger partial charge in [0.1, 0.15) is 17.5 Å². The van der Waals surface area contributed by atoms with Crippen LogP contribution in [0.1, 0.15) is 39.4 Å². The van der Waals surface area contributed by atoms with Crippen LogP contribution in [0, 0.1) is 5.92 Å². The molecule has 0 saturated heterocycles. The van der Waals surface area contributed by atoms with Gasteiger partial charge in [0.25, 0.3) is 0 Å². The molecule has 0 atom stereocenters. The Balaban J connectivity index is 2.55. The van der Waals surface area contributed by atoms with E-state index in [9.17, 15) is 4.79 Å². The number of anilines is 2. The maximum absolute atomic E-state index is 11.6. The summed E-state index contributed by atoms with van der Waals surface area (Å²) in [6.07, 6.45) is 0. The summed E-state index contributed by atoms with van der Waals surface area (Å²) in [7, 11) is 0. The van der Waals surface area contributed by atoms with Gasteiger partial charge in [-0.05, 0) is 5.92 Å². The summed E-state index contributed by atoms with van der Waals surface area (Å²) < 4.78 is 0. The van der Waals surface area contributed by atoms with Crippen LogP contribution in [0.5, 0.6) is 0 Å². The molecule has 0 fully saturated rings. The van der Waals surface area contributed by atoms with Crippen LogP contribution in [0.3, 0.4) is 0 Å². The van der Waals surface area contributed by atoms with Crippen molar-refractivity contribution < 1.29 is 4.79 Å². The lowest BCUT2D eigenvalue weighted by Gasteiger charge is -2.11. The van der Waals surface area contributed by atoms with Gasteiger partial charge >= 0.3 is 0 Å². The highest BCUT2D eigenvalue weighted by atomic mass is 16.1. The fraction of sp³-hybridized carbons (Fsp3) is 0.615. The van der Waals surface area contributed by atoms with Gasteiger partial charge in [-0.25, -0.2) is 9.97 Å². The molecule has 1 amide bonds. The second-order valence-electron chi connectivity index (χ2n) is 5.24. The molecular formula is C13H23N5O. The number of aromatic nitrogens is 2. The molecule has 0 spiro atoms. The summed E-state index contributed by atoms with van der Waals surface area (Å²) in [5.41, 5.74) is 5.71. The number of hydrogen-bond acceptors (Lipinski definition) is 5. The average Bonchev–Trinajstić information content (AvgIpc) is 2.33. The SMILES string of the molecule is CC(C)CNC(=O)CNc1cc(N)nc(C(C)C)n1. The highest BCUT2D eigenvalue weighted by Gasteiger charge is 2.08. The molecule has 0 aliphatic heterocycles. The van der Waals surface area contributed by atoms with Crippen LogP contribution in [0.25, 0.3) is 0 Å². The van der Waals surface area contributed by atoms with Crippen LogP contribution in [0.4, 0.5) is 11.6 Å². The van der Waals surface area contributed by atoms with Crippen molar-refractivity contribution in [3.8, 4) is 0 Å². The van der Waals surface area contributed by atoms with E-state index >= 15 is 0 Å². The molecule has 106 valence electrons. The normalized spacial score (nSPS) is 10.8. The van der Waals surface area contributed by atoms with E-state index in [1.807, 2.05) is 27.7 Å². The van der Waals surface area contributed by atoms with Crippen LogP contribution < -0.4 is 16.4 Å². The second kappa shape index (κ2) is 6.92. The summed E-state index contributed by atoms with van der Waals surface area (Å²) in [4.78, 5) is 20.0. The molecule has 1 aromatic rings. The molecule has 19 heavy (non-hydrogen) atoms. The first-order valence-electron chi connectivity index (χ1n) is 6.53. The number of nitrogens with zero attached hydrogens (tertiary/aromatic N) is 2. The van der Waals surface area contributed by atoms with Crippen molar-refractivity contribution in [2.75, 3.05) is 24.1 Å². The summed E-state index contributed by atoms with van der Waals surface area (Å²) in [5, 5.41) is 5.79. The van der Waals surface area contributed by atoms with E-state index in [1.54, 1.807) is 6.07 Å². The predicted molar refractivity (Wildman–Crippen MR) is 76.9 cm³/mol. The zero-order valence-corrected chi connectivity index (χ0v) is 12.0. The molecule has 6 heteroatoms. The first-order valence-corrected chi connectivity index (χ1v) is 6.53. The van der Waals surface area contributed by atoms with E-state index in [4.69, 9.17) is 5.73 Å². The molecule has 0 aliphatic rings. The van der Waals surface area contributed by atoms with Gasteiger partial charge in [-0.2, -0.15) is 0 Å². The standard InChI is InChI=1S/C13H23N5O/c1-8(2)6-16-12(19)7-15-11-5-10(14)17-13(18-11)9(3)4/h5,8-9H,6-7H2,1-4H3,(H,16,19)(H3,14,15,17,18). The Morgan fingerprint density at radius 3 is 2.58 bits per heavy atom. The maximum Gasteiger partial charge on any atom is 0.239 e. The first kappa shape index (κ1) is 15.2. The van der Waals surface area contributed by atoms with E-state index in [0.29, 0.717) is 29.9 Å². The Kier molecular flexibility index (Phi) is 5.54. The van der Waals surface area contributed by atoms with Crippen molar-refractivity contribution in [2.45, 2.75) is 33.6 Å². The van der Waals surface area contributed by atoms with Crippen LogP contribution in [-0.2, 0) is 4.79 Å². The Labute approximate surface area is 114 Å². The van der Waals surface area contributed by atoms with Crippen molar-refractivity contribution in [1.82, 2.24) is 15.3 Å². The molecule has 0 aromatic carbocycles. The van der Waals surface area contributed by atoms with E-state index in [2.05, 4.69) is 20.6 Å². The largest absolute Gasteiger partial charge is 0.384 e. The summed E-state index contributed by atoms with van der Waals surface area (Å²) in [5.74, 6) is 2.23. The number of rotatable bonds is 6. The van der Waals surface area contributed by atoms with Gasteiger partial charge in [0.2, 0.25) is 5.91 Å². The summed E-state index contributed by atoms with van der Waals surface area (Å²) in [6.45, 7) is 8.94. The van der Waals surface area contributed by atoms with E-state index in [1.165, 1.54) is 0 Å². The molecule has 1 aromatic heterocycles. The molecule has 1 rings (SSSR count). The Hall–Kier alpha value is -1.85. The van der Waals surface area contributed by atoms with Crippen LogP contribution >= 0.6 is 0 Å². The molecule has 1 heterocycles. The Morgan fingerprint density at radius 1 is 1.32 bits per heavy atom. The number of hydrogen-bond donors (Lipinski definition) is 3. The van der Waals surface area contributed by atoms with E-state index in [-0.39, 0.29) is 18.4 Å². The van der Waals surface area contributed by atoms with Gasteiger partial charge in [0, 0.05) is 18.5 Å². The first-order chi connectivity index (χ1) is 8.88. The fourth-order valence-corrected chi connectivity index (χ4v) is 1.39. The van der Waals surface area contributed by atoms with Crippen LogP contribution in [0.2, 0.25) is 0 Å². The van der Waals surface area contributed by atoms with Gasteiger partial charge in [-0.15, -0.1) is 0 Å². The number of amides is 1. The van der Waals surface area contributed by atoms with Gasteiger partial charge < -0.3 is 16.4 Å². The van der Waals surface area contributed by atoms with Gasteiger partial charge in [0.15, 0.2) is 0 Å². The van der Waals surface area contributed by atoms with E-state index in [0.717, 1.165) is 0 Å². The van der Waals surface area contributed by atoms with Crippen molar-refractivity contribution in [3.63, 3.8) is 0 Å². The van der Waals surface area contributed by atoms with Crippen LogP contribution in [0.15, 0.2) is 6.07 Å². The monoisotopic (exact) mass is 265 g/mol. The van der Waals surface area contributed by atoms with Gasteiger partial charge in [0.05, 0.1) is 6.54 Å². The third-order valence-electron chi connectivity index (χ3n) is 2.42. The Bertz CT molecular complexity index is 431. The second-order valence-corrected chi connectivity index (χ2v) is 5.24. The Morgan fingerprint density at radius 2 is 2.00 bits per heavy atom. The molecule has 0 bridgehead atoms. The number of carbonyl (C=O) groups is 1. The lowest BCUT2D eigenvalue weighted by molar-refractivity contribution is -0.119. The molecule has 4 N–H and O–H groups in total. The number of nitrogens with two attached hydrogens (primary N) is 1. The summed E-state index contributed by atoms with van der Waals surface area (Å²) >= 11 is 0. The quantitative estimate of drug-likeness (QED) is 0.722. The van der Waals surface area contributed by atoms with Crippen molar-refractivity contribution >= 4 is 17.5 Å². The minimum atomic E-state index is -0.0584. The van der Waals surface area contributed by atoms with Crippen molar-refractivity contribution in [2.24, 2.45) is 5.92 Å². The number of nitrogens with one attached hydrogen (secondary N) is 2. The number of carbonyl (C=O) groups excluding carboxylic acids is 1. The lowest BCUT2D eigenvalue weighted by Crippen LogP contribution is -2.32. The maximum atomic E-state index is 11.6. The summed E-state index contributed by atoms with van der Waals surface area (Å²) in [6, 6.07) is 1.63. The van der Waals surface area contributed by atoms with E-state index < -0.39 is 0 Å². The highest BCUT2D eigenvalue weighted by Crippen LogP contribution is 2.14. The van der Waals surface area contributed by atoms with Gasteiger partial charge in [-0.1, -0.05) is 27.7 Å². The molecule has 6 nitrogen and oxygen atoms in total. The fourth-order valence-electron chi connectivity index (χ4n) is 1.39. The topological polar surface area (TPSA) is 92.9 Å². The minimum absolute atomic E-state index is 0.0584. The molecular weight excluding hydrogens is 242 g/mol. The molecule has 0 saturated carbocycles. The highest BCUT2D eigenvalue weighted by molar-refractivity contribution is 5.80. The van der Waals surface area contributed by atoms with Gasteiger partial charge in [-0.3, -0.25) is 4.79 Å². The molecule has 0 radical (unpaired) electrons. The number of nitrogen functional groups attached to an aromatic ring is 1. The third kappa shape index (κ3) is 5.54. The minimum Gasteiger partial charge on any atom is -0.384 e. The molecule has 0 unspecified atom stereocenters. The zero-order valence-electron chi connectivity index (χ0n) is 12.0. The van der Waals surface area contributed by atoms with Crippen molar-refractivity contribution in [1.29, 1.82) is 0 Å². The van der Waals surface area contributed by atoms with Crippen molar-refractivity contribution in [3.05, 3.63) is 11.9 Å². The average molecular weight is 265 g/mol. The molecule has 0 aliphatic carbocycles. The van der Waals surface area contributed by atoms with Crippen LogP contribution in [-0.4, -0.2) is 29.0 Å². The smallest absolute Gasteiger partial charge is 0.239 e. The third-order valence-corrected chi connectivity index (χ3v) is 2.42. The zero-order chi connectivity index (χ0) is 14.4. The predicted octanol–water partition coefficient (Wildman–Crippen LogP) is 1.37.